The van der Waals surface area contributed by atoms with Crippen LogP contribution in [0.3, 0.4) is 0 Å². The minimum Gasteiger partial charge on any atom is -0.477 e. The highest BCUT2D eigenvalue weighted by molar-refractivity contribution is 5.94. The van der Waals surface area contributed by atoms with E-state index < -0.39 is 11.9 Å². The van der Waals surface area contributed by atoms with Crippen molar-refractivity contribution < 1.29 is 19.8 Å². The summed E-state index contributed by atoms with van der Waals surface area (Å²) in [5, 5.41) is 26.3. The Kier molecular flexibility index (Phi) is 4.65. The Morgan fingerprint density at radius 1 is 0.812 bits per heavy atom. The van der Waals surface area contributed by atoms with Crippen molar-refractivity contribution in [2.45, 2.75) is 52.4 Å². The lowest BCUT2D eigenvalue weighted by molar-refractivity contribution is 0.0687. The number of fused-ring (bicyclic) bond motifs is 5. The molecule has 0 saturated carbocycles. The number of hydrogen-bond acceptors (Lipinski definition) is 6. The van der Waals surface area contributed by atoms with Crippen molar-refractivity contribution in [2.75, 3.05) is 0 Å². The molecule has 0 fully saturated rings. The summed E-state index contributed by atoms with van der Waals surface area (Å²) >= 11 is 0. The summed E-state index contributed by atoms with van der Waals surface area (Å²) < 4.78 is 3.31. The van der Waals surface area contributed by atoms with Gasteiger partial charge < -0.3 is 10.2 Å². The molecule has 2 N–H and O–H groups in total. The third-order valence-electron chi connectivity index (χ3n) is 6.29. The molecule has 0 amide bonds. The molecule has 0 saturated heterocycles. The maximum atomic E-state index is 11.0. The minimum absolute atomic E-state index is 0.179. The molecular formula is C22H22N6O4. The standard InChI is InChI=1S/2C11H11N3O2/c1-6-7-3-2-4-9(7)13-10-8(11(15)16)5-12-14(6)10;1-6-7-3-2-4-9(7)14-10(13-6)8(5-12-14)11(15)16/h2*5H,2-4H2,1H3,(H,15,16). The number of hydrogen-bond donors (Lipinski definition) is 2. The van der Waals surface area contributed by atoms with Crippen LogP contribution >= 0.6 is 0 Å². The number of rotatable bonds is 2. The van der Waals surface area contributed by atoms with Crippen molar-refractivity contribution in [3.05, 3.63) is 57.4 Å². The van der Waals surface area contributed by atoms with Crippen LogP contribution in [0, 0.1) is 13.8 Å². The van der Waals surface area contributed by atoms with E-state index in [1.165, 1.54) is 23.5 Å². The van der Waals surface area contributed by atoms with Gasteiger partial charge in [0.1, 0.15) is 11.1 Å². The van der Waals surface area contributed by atoms with E-state index in [9.17, 15) is 9.59 Å². The summed E-state index contributed by atoms with van der Waals surface area (Å²) in [6.45, 7) is 3.90. The van der Waals surface area contributed by atoms with Crippen LogP contribution in [0.4, 0.5) is 0 Å². The van der Waals surface area contributed by atoms with Crippen LogP contribution < -0.4 is 0 Å². The highest BCUT2D eigenvalue weighted by atomic mass is 16.4. The Morgan fingerprint density at radius 3 is 2.09 bits per heavy atom. The third kappa shape index (κ3) is 3.02. The average Bonchev–Trinajstić information content (AvgIpc) is 3.52. The topological polar surface area (TPSA) is 135 Å². The Hall–Kier alpha value is -3.82. The van der Waals surface area contributed by atoms with Crippen LogP contribution in [0.5, 0.6) is 0 Å². The van der Waals surface area contributed by atoms with E-state index in [1.807, 2.05) is 13.8 Å². The van der Waals surface area contributed by atoms with Gasteiger partial charge in [0.2, 0.25) is 0 Å². The van der Waals surface area contributed by atoms with Crippen molar-refractivity contribution in [3.63, 3.8) is 0 Å². The number of carbonyl (C=O) groups is 2. The lowest BCUT2D eigenvalue weighted by Gasteiger charge is -2.05. The minimum atomic E-state index is -0.972. The van der Waals surface area contributed by atoms with E-state index in [4.69, 9.17) is 10.2 Å². The van der Waals surface area contributed by atoms with Gasteiger partial charge in [-0.2, -0.15) is 10.2 Å². The average molecular weight is 434 g/mol. The number of carboxylic acid groups (broad SMARTS) is 2. The zero-order valence-electron chi connectivity index (χ0n) is 17.8. The number of nitrogens with zero attached hydrogens (tertiary/aromatic N) is 6. The Balaban J connectivity index is 0.000000135. The molecule has 10 nitrogen and oxygen atoms in total. The van der Waals surface area contributed by atoms with Gasteiger partial charge >= 0.3 is 11.9 Å². The summed E-state index contributed by atoms with van der Waals surface area (Å²) in [4.78, 5) is 30.8. The van der Waals surface area contributed by atoms with Gasteiger partial charge in [0.15, 0.2) is 11.3 Å². The predicted octanol–water partition coefficient (Wildman–Crippen LogP) is 2.45. The molecule has 0 bridgehead atoms. The SMILES string of the molecule is Cc1c2c(nc3c(C(=O)O)cnn13)CCC2.Cc1nc2c(C(=O)O)cnn2c2c1CCC2. The molecule has 4 aromatic rings. The summed E-state index contributed by atoms with van der Waals surface area (Å²) in [5.74, 6) is -1.94. The maximum Gasteiger partial charge on any atom is 0.341 e. The van der Waals surface area contributed by atoms with Crippen molar-refractivity contribution in [2.24, 2.45) is 0 Å². The van der Waals surface area contributed by atoms with Gasteiger partial charge in [0.05, 0.1) is 12.4 Å². The van der Waals surface area contributed by atoms with Crippen molar-refractivity contribution in [1.82, 2.24) is 29.2 Å². The number of aryl methyl sites for hydroxylation is 4. The highest BCUT2D eigenvalue weighted by Gasteiger charge is 2.23. The van der Waals surface area contributed by atoms with E-state index in [0.717, 1.165) is 61.3 Å². The molecule has 0 aromatic carbocycles. The monoisotopic (exact) mass is 434 g/mol. The molecule has 0 unspecified atom stereocenters. The van der Waals surface area contributed by atoms with Crippen molar-refractivity contribution in [1.29, 1.82) is 0 Å². The fourth-order valence-electron chi connectivity index (χ4n) is 4.72. The molecule has 0 spiro atoms. The largest absolute Gasteiger partial charge is 0.477 e. The number of aromatic nitrogens is 6. The van der Waals surface area contributed by atoms with Crippen LogP contribution in [0.15, 0.2) is 12.4 Å². The molecule has 164 valence electrons. The predicted molar refractivity (Wildman–Crippen MR) is 113 cm³/mol. The first-order valence-corrected chi connectivity index (χ1v) is 10.6. The summed E-state index contributed by atoms with van der Waals surface area (Å²) in [6, 6.07) is 0. The van der Waals surface area contributed by atoms with Gasteiger partial charge in [-0.1, -0.05) is 0 Å². The second kappa shape index (κ2) is 7.40. The summed E-state index contributed by atoms with van der Waals surface area (Å²) in [6.07, 6.45) is 8.87. The molecule has 4 heterocycles. The van der Waals surface area contributed by atoms with E-state index in [0.29, 0.717) is 11.3 Å². The fraction of sp³-hybridized carbons (Fsp3) is 0.364. The summed E-state index contributed by atoms with van der Waals surface area (Å²) in [5.41, 5.74) is 7.85. The lowest BCUT2D eigenvalue weighted by Crippen LogP contribution is -2.05. The van der Waals surface area contributed by atoms with Crippen LogP contribution in [-0.4, -0.2) is 51.3 Å². The molecule has 0 radical (unpaired) electrons. The van der Waals surface area contributed by atoms with E-state index in [2.05, 4.69) is 20.2 Å². The number of carboxylic acids is 2. The van der Waals surface area contributed by atoms with Gasteiger partial charge in [-0.25, -0.2) is 28.6 Å². The third-order valence-corrected chi connectivity index (χ3v) is 6.29. The Labute approximate surface area is 182 Å². The zero-order chi connectivity index (χ0) is 22.6. The molecule has 0 aliphatic heterocycles. The fourth-order valence-corrected chi connectivity index (χ4v) is 4.72. The molecule has 32 heavy (non-hydrogen) atoms. The first-order chi connectivity index (χ1) is 15.4. The maximum absolute atomic E-state index is 11.0. The smallest absolute Gasteiger partial charge is 0.341 e. The van der Waals surface area contributed by atoms with Gasteiger partial charge in [0.25, 0.3) is 0 Å². The van der Waals surface area contributed by atoms with Crippen LogP contribution in [-0.2, 0) is 25.7 Å². The Bertz CT molecular complexity index is 1400. The Morgan fingerprint density at radius 2 is 1.41 bits per heavy atom. The zero-order valence-corrected chi connectivity index (χ0v) is 17.8. The molecule has 2 aliphatic rings. The molecule has 2 aliphatic carbocycles. The van der Waals surface area contributed by atoms with Crippen molar-refractivity contribution in [3.8, 4) is 0 Å². The number of aromatic carboxylic acids is 2. The lowest BCUT2D eigenvalue weighted by atomic mass is 10.2. The first-order valence-electron chi connectivity index (χ1n) is 10.6. The first kappa shape index (κ1) is 20.1. The highest BCUT2D eigenvalue weighted by Crippen LogP contribution is 2.26. The van der Waals surface area contributed by atoms with Gasteiger partial charge in [-0.3, -0.25) is 0 Å². The molecule has 4 aromatic heterocycles. The summed E-state index contributed by atoms with van der Waals surface area (Å²) in [7, 11) is 0. The van der Waals surface area contributed by atoms with E-state index in [1.54, 1.807) is 9.03 Å². The molecular weight excluding hydrogens is 412 g/mol. The molecule has 6 rings (SSSR count). The molecule has 0 atom stereocenters. The quantitative estimate of drug-likeness (QED) is 0.491. The van der Waals surface area contributed by atoms with Crippen molar-refractivity contribution >= 4 is 23.2 Å². The van der Waals surface area contributed by atoms with Gasteiger partial charge in [-0.05, 0) is 63.5 Å². The van der Waals surface area contributed by atoms with E-state index >= 15 is 0 Å². The van der Waals surface area contributed by atoms with E-state index in [-0.39, 0.29) is 11.1 Å². The van der Waals surface area contributed by atoms with Crippen LogP contribution in [0.1, 0.15) is 67.5 Å². The van der Waals surface area contributed by atoms with Gasteiger partial charge in [-0.15, -0.1) is 0 Å². The van der Waals surface area contributed by atoms with Crippen LogP contribution in [0.25, 0.3) is 11.3 Å². The second-order valence-corrected chi connectivity index (χ2v) is 8.15. The van der Waals surface area contributed by atoms with Crippen LogP contribution in [0.2, 0.25) is 0 Å². The second-order valence-electron chi connectivity index (χ2n) is 8.15. The normalized spacial score (nSPS) is 14.3. The van der Waals surface area contributed by atoms with Gasteiger partial charge in [0, 0.05) is 22.8 Å². The molecule has 10 heteroatoms.